The van der Waals surface area contributed by atoms with Crippen molar-refractivity contribution < 1.29 is 1.43 Å². The molecule has 12 heavy (non-hydrogen) atoms. The van der Waals surface area contributed by atoms with Gasteiger partial charge in [-0.1, -0.05) is 57.5 Å². The molecule has 0 saturated carbocycles. The summed E-state index contributed by atoms with van der Waals surface area (Å²) in [7, 11) is 0. The van der Waals surface area contributed by atoms with E-state index in [1.54, 1.807) is 0 Å². The van der Waals surface area contributed by atoms with Gasteiger partial charge in [-0.05, 0) is 18.4 Å². The topological polar surface area (TPSA) is 0 Å². The van der Waals surface area contributed by atoms with E-state index in [0.29, 0.717) is 5.92 Å². The summed E-state index contributed by atoms with van der Waals surface area (Å²) in [6, 6.07) is 8.71. The zero-order valence-corrected chi connectivity index (χ0v) is 8.89. The minimum atomic E-state index is 0. The Morgan fingerprint density at radius 2 is 1.42 bits per heavy atom. The van der Waals surface area contributed by atoms with Crippen molar-refractivity contribution in [3.8, 4) is 0 Å². The largest absolute Gasteiger partial charge is 0.0683 e. The molecule has 1 aromatic rings. The summed E-state index contributed by atoms with van der Waals surface area (Å²) in [5.41, 5.74) is 2.76. The SMILES string of the molecule is CC.Cc1ccc(C(C)C)cc1.[HH]. The van der Waals surface area contributed by atoms with E-state index in [4.69, 9.17) is 0 Å². The molecule has 0 fully saturated rings. The highest BCUT2D eigenvalue weighted by Gasteiger charge is 1.95. The van der Waals surface area contributed by atoms with Gasteiger partial charge in [-0.25, -0.2) is 0 Å². The lowest BCUT2D eigenvalue weighted by atomic mass is 10.0. The second-order valence-corrected chi connectivity index (χ2v) is 3.07. The molecule has 0 heteroatoms. The Hall–Kier alpha value is -0.780. The number of aryl methyl sites for hydroxylation is 1. The van der Waals surface area contributed by atoms with Crippen LogP contribution >= 0.6 is 0 Å². The molecule has 0 radical (unpaired) electrons. The highest BCUT2D eigenvalue weighted by Crippen LogP contribution is 2.13. The lowest BCUT2D eigenvalue weighted by Gasteiger charge is -2.03. The fourth-order valence-electron chi connectivity index (χ4n) is 0.951. The molecule has 0 atom stereocenters. The summed E-state index contributed by atoms with van der Waals surface area (Å²) in [5, 5.41) is 0. The molecule has 0 aliphatic rings. The standard InChI is InChI=1S/C10H14.C2H6.H2/c1-8(2)10-6-4-9(3)5-7-10;1-2;/h4-8H,1-3H3;1-2H3;1H. The number of rotatable bonds is 1. The van der Waals surface area contributed by atoms with Crippen LogP contribution in [0, 0.1) is 6.92 Å². The van der Waals surface area contributed by atoms with Gasteiger partial charge in [0.2, 0.25) is 0 Å². The molecule has 0 nitrogen and oxygen atoms in total. The Bertz CT molecular complexity index is 199. The van der Waals surface area contributed by atoms with E-state index in [-0.39, 0.29) is 1.43 Å². The van der Waals surface area contributed by atoms with Gasteiger partial charge in [0, 0.05) is 1.43 Å². The first kappa shape index (κ1) is 11.2. The summed E-state index contributed by atoms with van der Waals surface area (Å²) in [6.07, 6.45) is 0. The van der Waals surface area contributed by atoms with Gasteiger partial charge < -0.3 is 0 Å². The molecule has 0 spiro atoms. The van der Waals surface area contributed by atoms with Crippen molar-refractivity contribution in [2.24, 2.45) is 0 Å². The Morgan fingerprint density at radius 1 is 1.00 bits per heavy atom. The van der Waals surface area contributed by atoms with Crippen LogP contribution in [-0.2, 0) is 0 Å². The number of benzene rings is 1. The average molecular weight is 166 g/mol. The van der Waals surface area contributed by atoms with Gasteiger partial charge in [0.15, 0.2) is 0 Å². The third-order valence-electron chi connectivity index (χ3n) is 1.74. The molecule has 0 saturated heterocycles. The predicted octanol–water partition coefficient (Wildman–Crippen LogP) is 4.39. The van der Waals surface area contributed by atoms with Crippen LogP contribution in [0.5, 0.6) is 0 Å². The molecule has 0 aromatic heterocycles. The molecular formula is C12H22. The van der Waals surface area contributed by atoms with Crippen LogP contribution in [0.25, 0.3) is 0 Å². The van der Waals surface area contributed by atoms with Gasteiger partial charge in [0.05, 0.1) is 0 Å². The van der Waals surface area contributed by atoms with Crippen LogP contribution in [0.4, 0.5) is 0 Å². The van der Waals surface area contributed by atoms with Crippen molar-refractivity contribution in [1.29, 1.82) is 0 Å². The maximum Gasteiger partial charge on any atom is 0 e. The minimum Gasteiger partial charge on any atom is -0.0683 e. The maximum atomic E-state index is 2.21. The van der Waals surface area contributed by atoms with Gasteiger partial charge in [-0.3, -0.25) is 0 Å². The van der Waals surface area contributed by atoms with E-state index in [0.717, 1.165) is 0 Å². The fraction of sp³-hybridized carbons (Fsp3) is 0.500. The zero-order chi connectivity index (χ0) is 9.56. The van der Waals surface area contributed by atoms with Gasteiger partial charge >= 0.3 is 0 Å². The molecule has 0 bridgehead atoms. The van der Waals surface area contributed by atoms with Crippen molar-refractivity contribution >= 4 is 0 Å². The first-order valence-electron chi connectivity index (χ1n) is 4.76. The normalized spacial score (nSPS) is 9.17. The Balaban J connectivity index is 0. The quantitative estimate of drug-likeness (QED) is 0.580. The van der Waals surface area contributed by atoms with E-state index in [1.165, 1.54) is 11.1 Å². The van der Waals surface area contributed by atoms with Gasteiger partial charge in [-0.15, -0.1) is 0 Å². The van der Waals surface area contributed by atoms with Crippen LogP contribution in [0.2, 0.25) is 0 Å². The van der Waals surface area contributed by atoms with Gasteiger partial charge in [-0.2, -0.15) is 0 Å². The van der Waals surface area contributed by atoms with Crippen molar-refractivity contribution in [2.75, 3.05) is 0 Å². The fourth-order valence-corrected chi connectivity index (χ4v) is 0.951. The van der Waals surface area contributed by atoms with Crippen LogP contribution in [0.15, 0.2) is 24.3 Å². The third kappa shape index (κ3) is 3.56. The monoisotopic (exact) mass is 166 g/mol. The summed E-state index contributed by atoms with van der Waals surface area (Å²) < 4.78 is 0. The van der Waals surface area contributed by atoms with Gasteiger partial charge in [0.25, 0.3) is 0 Å². The van der Waals surface area contributed by atoms with Crippen LogP contribution in [0.1, 0.15) is 46.2 Å². The van der Waals surface area contributed by atoms with E-state index in [9.17, 15) is 0 Å². The van der Waals surface area contributed by atoms with E-state index in [2.05, 4.69) is 45.0 Å². The molecule has 0 aliphatic heterocycles. The van der Waals surface area contributed by atoms with Crippen LogP contribution in [-0.4, -0.2) is 0 Å². The summed E-state index contributed by atoms with van der Waals surface area (Å²) in [4.78, 5) is 0. The first-order valence-corrected chi connectivity index (χ1v) is 4.76. The number of hydrogen-bond acceptors (Lipinski definition) is 0. The molecule has 0 N–H and O–H groups in total. The highest BCUT2D eigenvalue weighted by atomic mass is 14.0. The summed E-state index contributed by atoms with van der Waals surface area (Å²) in [5.74, 6) is 0.653. The van der Waals surface area contributed by atoms with Crippen molar-refractivity contribution in [1.82, 2.24) is 0 Å². The maximum absolute atomic E-state index is 2.21. The van der Waals surface area contributed by atoms with Crippen molar-refractivity contribution in [2.45, 2.75) is 40.5 Å². The zero-order valence-electron chi connectivity index (χ0n) is 8.89. The smallest absolute Gasteiger partial charge is 0 e. The van der Waals surface area contributed by atoms with E-state index in [1.807, 2.05) is 13.8 Å². The van der Waals surface area contributed by atoms with E-state index >= 15 is 0 Å². The second-order valence-electron chi connectivity index (χ2n) is 3.07. The second kappa shape index (κ2) is 5.82. The molecule has 70 valence electrons. The lowest BCUT2D eigenvalue weighted by molar-refractivity contribution is 0.866. The number of hydrogen-bond donors (Lipinski definition) is 0. The minimum absolute atomic E-state index is 0. The third-order valence-corrected chi connectivity index (χ3v) is 1.74. The predicted molar refractivity (Wildman–Crippen MR) is 58.7 cm³/mol. The Kier molecular flexibility index (Phi) is 5.44. The Morgan fingerprint density at radius 3 is 1.75 bits per heavy atom. The van der Waals surface area contributed by atoms with Crippen LogP contribution < -0.4 is 0 Å². The van der Waals surface area contributed by atoms with Gasteiger partial charge in [0.1, 0.15) is 0 Å². The first-order chi connectivity index (χ1) is 5.70. The lowest BCUT2D eigenvalue weighted by Crippen LogP contribution is -1.85. The van der Waals surface area contributed by atoms with Crippen LogP contribution in [0.3, 0.4) is 0 Å². The highest BCUT2D eigenvalue weighted by molar-refractivity contribution is 5.23. The molecular weight excluding hydrogens is 144 g/mol. The molecule has 1 aromatic carbocycles. The van der Waals surface area contributed by atoms with Crippen molar-refractivity contribution in [3.63, 3.8) is 0 Å². The molecule has 0 aliphatic carbocycles. The molecule has 1 rings (SSSR count). The molecule has 0 heterocycles. The summed E-state index contributed by atoms with van der Waals surface area (Å²) in [6.45, 7) is 10.5. The molecule has 0 amide bonds. The average Bonchev–Trinajstić information content (AvgIpc) is 2.09. The van der Waals surface area contributed by atoms with Crippen molar-refractivity contribution in [3.05, 3.63) is 35.4 Å². The Labute approximate surface area is 78.1 Å². The summed E-state index contributed by atoms with van der Waals surface area (Å²) >= 11 is 0. The molecule has 0 unspecified atom stereocenters. The van der Waals surface area contributed by atoms with E-state index < -0.39 is 0 Å².